The van der Waals surface area contributed by atoms with Gasteiger partial charge in [0.2, 0.25) is 5.28 Å². The maximum atomic E-state index is 13.1. The molecule has 0 N–H and O–H groups in total. The summed E-state index contributed by atoms with van der Waals surface area (Å²) >= 11 is 8.80. The van der Waals surface area contributed by atoms with Gasteiger partial charge in [-0.25, -0.2) is 4.39 Å². The summed E-state index contributed by atoms with van der Waals surface area (Å²) in [7, 11) is 1.38. The van der Waals surface area contributed by atoms with Crippen LogP contribution in [-0.4, -0.2) is 22.1 Å². The molecular weight excluding hydrogens is 328 g/mol. The van der Waals surface area contributed by atoms with Gasteiger partial charge in [-0.05, 0) is 23.7 Å². The lowest BCUT2D eigenvalue weighted by atomic mass is 10.3. The van der Waals surface area contributed by atoms with Gasteiger partial charge in [0.1, 0.15) is 11.6 Å². The van der Waals surface area contributed by atoms with Crippen LogP contribution in [0.2, 0.25) is 5.28 Å². The van der Waals surface area contributed by atoms with Gasteiger partial charge in [-0.3, -0.25) is 0 Å². The molecule has 0 saturated carbocycles. The molecule has 0 radical (unpaired) electrons. The molecule has 1 heterocycles. The molecule has 0 aliphatic heterocycles. The predicted octanol–water partition coefficient (Wildman–Crippen LogP) is 3.23. The van der Waals surface area contributed by atoms with Crippen LogP contribution in [0.3, 0.4) is 0 Å². The fraction of sp³-hybridized carbons (Fsp3) is 0.100. The number of methoxy groups -OCH3 is 1. The Labute approximate surface area is 115 Å². The molecule has 0 saturated heterocycles. The van der Waals surface area contributed by atoms with E-state index in [4.69, 9.17) is 21.1 Å². The van der Waals surface area contributed by atoms with Gasteiger partial charge in [0, 0.05) is 10.5 Å². The maximum Gasteiger partial charge on any atom is 0.329 e. The Morgan fingerprint density at radius 2 is 1.89 bits per heavy atom. The van der Waals surface area contributed by atoms with Crippen LogP contribution in [0.15, 0.2) is 22.7 Å². The van der Waals surface area contributed by atoms with E-state index < -0.39 is 5.82 Å². The third-order valence-corrected chi connectivity index (χ3v) is 2.42. The topological polar surface area (TPSA) is 57.1 Å². The van der Waals surface area contributed by atoms with Gasteiger partial charge in [0.15, 0.2) is 0 Å². The highest BCUT2D eigenvalue weighted by Gasteiger charge is 2.08. The van der Waals surface area contributed by atoms with Gasteiger partial charge >= 0.3 is 12.0 Å². The van der Waals surface area contributed by atoms with Crippen LogP contribution in [0.25, 0.3) is 0 Å². The largest absolute Gasteiger partial charge is 0.467 e. The van der Waals surface area contributed by atoms with Gasteiger partial charge < -0.3 is 9.47 Å². The van der Waals surface area contributed by atoms with Crippen molar-refractivity contribution >= 4 is 27.5 Å². The molecule has 0 unspecified atom stereocenters. The average Bonchev–Trinajstić information content (AvgIpc) is 2.26. The van der Waals surface area contributed by atoms with Gasteiger partial charge in [-0.2, -0.15) is 9.97 Å². The summed E-state index contributed by atoms with van der Waals surface area (Å²) in [6, 6.07) is 3.99. The standard InChI is InChI=1S/C10H6BrClFN3O2/c1-17-9-14-8(12)15-10(16-9)18-7-3-5(11)2-6(13)4-7/h2-4H,1H3. The number of halogens is 3. The zero-order valence-electron chi connectivity index (χ0n) is 9.02. The van der Waals surface area contributed by atoms with Gasteiger partial charge in [0.05, 0.1) is 7.11 Å². The van der Waals surface area contributed by atoms with Crippen molar-refractivity contribution in [2.75, 3.05) is 7.11 Å². The average molecular weight is 335 g/mol. The van der Waals surface area contributed by atoms with Gasteiger partial charge in [0.25, 0.3) is 0 Å². The van der Waals surface area contributed by atoms with Crippen molar-refractivity contribution in [2.24, 2.45) is 0 Å². The summed E-state index contributed by atoms with van der Waals surface area (Å²) in [6.07, 6.45) is 0. The number of rotatable bonds is 3. The molecule has 0 bridgehead atoms. The molecule has 0 amide bonds. The third kappa shape index (κ3) is 3.27. The number of aromatic nitrogens is 3. The molecule has 1 aromatic heterocycles. The zero-order valence-corrected chi connectivity index (χ0v) is 11.4. The quantitative estimate of drug-likeness (QED) is 0.862. The fourth-order valence-electron chi connectivity index (χ4n) is 1.14. The summed E-state index contributed by atoms with van der Waals surface area (Å²) in [5.41, 5.74) is 0. The first-order valence-corrected chi connectivity index (χ1v) is 5.83. The number of hydrogen-bond donors (Lipinski definition) is 0. The maximum absolute atomic E-state index is 13.1. The van der Waals surface area contributed by atoms with Crippen LogP contribution in [-0.2, 0) is 0 Å². The first kappa shape index (κ1) is 13.0. The third-order valence-electron chi connectivity index (χ3n) is 1.79. The molecule has 1 aromatic carbocycles. The number of nitrogens with zero attached hydrogens (tertiary/aromatic N) is 3. The van der Waals surface area contributed by atoms with Crippen molar-refractivity contribution in [3.63, 3.8) is 0 Å². The van der Waals surface area contributed by atoms with Crippen molar-refractivity contribution in [3.8, 4) is 17.8 Å². The molecule has 0 aliphatic rings. The molecule has 0 aliphatic carbocycles. The molecule has 0 spiro atoms. The number of hydrogen-bond acceptors (Lipinski definition) is 5. The first-order valence-electron chi connectivity index (χ1n) is 4.66. The van der Waals surface area contributed by atoms with Crippen LogP contribution in [0.5, 0.6) is 17.8 Å². The molecule has 2 aromatic rings. The lowest BCUT2D eigenvalue weighted by Crippen LogP contribution is -1.98. The number of ether oxygens (including phenoxy) is 2. The van der Waals surface area contributed by atoms with E-state index in [0.29, 0.717) is 4.47 Å². The smallest absolute Gasteiger partial charge is 0.329 e. The summed E-state index contributed by atoms with van der Waals surface area (Å²) in [4.78, 5) is 11.2. The number of benzene rings is 1. The normalized spacial score (nSPS) is 10.2. The highest BCUT2D eigenvalue weighted by atomic mass is 79.9. The second-order valence-corrected chi connectivity index (χ2v) is 4.33. The molecule has 5 nitrogen and oxygen atoms in total. The van der Waals surface area contributed by atoms with E-state index in [1.54, 1.807) is 6.07 Å². The first-order chi connectivity index (χ1) is 8.56. The molecular formula is C10H6BrClFN3O2. The second-order valence-electron chi connectivity index (χ2n) is 3.08. The van der Waals surface area contributed by atoms with Crippen molar-refractivity contribution in [1.82, 2.24) is 15.0 Å². The lowest BCUT2D eigenvalue weighted by molar-refractivity contribution is 0.358. The Balaban J connectivity index is 2.30. The Morgan fingerprint density at radius 3 is 2.56 bits per heavy atom. The highest BCUT2D eigenvalue weighted by Crippen LogP contribution is 2.25. The van der Waals surface area contributed by atoms with Gasteiger partial charge in [-0.15, -0.1) is 4.98 Å². The summed E-state index contributed by atoms with van der Waals surface area (Å²) < 4.78 is 23.8. The molecule has 18 heavy (non-hydrogen) atoms. The van der Waals surface area contributed by atoms with Crippen LogP contribution >= 0.6 is 27.5 Å². The SMILES string of the molecule is COc1nc(Cl)nc(Oc2cc(F)cc(Br)c2)n1. The van der Waals surface area contributed by atoms with Crippen LogP contribution in [0, 0.1) is 5.82 Å². The molecule has 0 atom stereocenters. The van der Waals surface area contributed by atoms with E-state index in [2.05, 4.69) is 30.9 Å². The Bertz CT molecular complexity index is 565. The van der Waals surface area contributed by atoms with E-state index in [1.807, 2.05) is 0 Å². The minimum atomic E-state index is -0.452. The van der Waals surface area contributed by atoms with Crippen molar-refractivity contribution in [1.29, 1.82) is 0 Å². The van der Waals surface area contributed by atoms with Crippen molar-refractivity contribution in [2.45, 2.75) is 0 Å². The second kappa shape index (κ2) is 5.45. The predicted molar refractivity (Wildman–Crippen MR) is 65.6 cm³/mol. The highest BCUT2D eigenvalue weighted by molar-refractivity contribution is 9.10. The molecule has 2 rings (SSSR count). The minimum absolute atomic E-state index is 0.0143. The van der Waals surface area contributed by atoms with E-state index in [-0.39, 0.29) is 23.1 Å². The monoisotopic (exact) mass is 333 g/mol. The Morgan fingerprint density at radius 1 is 1.17 bits per heavy atom. The zero-order chi connectivity index (χ0) is 13.1. The molecule has 0 fully saturated rings. The van der Waals surface area contributed by atoms with Crippen LogP contribution < -0.4 is 9.47 Å². The minimum Gasteiger partial charge on any atom is -0.467 e. The van der Waals surface area contributed by atoms with E-state index in [0.717, 1.165) is 0 Å². The van der Waals surface area contributed by atoms with Crippen molar-refractivity contribution in [3.05, 3.63) is 33.8 Å². The van der Waals surface area contributed by atoms with Crippen molar-refractivity contribution < 1.29 is 13.9 Å². The van der Waals surface area contributed by atoms with E-state index in [9.17, 15) is 4.39 Å². The Kier molecular flexibility index (Phi) is 3.93. The summed E-state index contributed by atoms with van der Waals surface area (Å²) in [6.45, 7) is 0. The Hall–Kier alpha value is -1.47. The lowest BCUT2D eigenvalue weighted by Gasteiger charge is -2.05. The fourth-order valence-corrected chi connectivity index (χ4v) is 1.73. The van der Waals surface area contributed by atoms with E-state index >= 15 is 0 Å². The van der Waals surface area contributed by atoms with Crippen LogP contribution in [0.4, 0.5) is 4.39 Å². The summed E-state index contributed by atoms with van der Waals surface area (Å²) in [5, 5.41) is -0.0766. The van der Waals surface area contributed by atoms with Crippen LogP contribution in [0.1, 0.15) is 0 Å². The van der Waals surface area contributed by atoms with E-state index in [1.165, 1.54) is 19.2 Å². The molecule has 8 heteroatoms. The molecule has 94 valence electrons. The summed E-state index contributed by atoms with van der Waals surface area (Å²) in [5.74, 6) is -0.224. The van der Waals surface area contributed by atoms with Gasteiger partial charge in [-0.1, -0.05) is 15.9 Å².